The summed E-state index contributed by atoms with van der Waals surface area (Å²) in [6.07, 6.45) is 1.95. The number of hydrogen-bond acceptors (Lipinski definition) is 5. The Labute approximate surface area is 229 Å². The first-order chi connectivity index (χ1) is 18.1. The van der Waals surface area contributed by atoms with Crippen molar-refractivity contribution in [3.63, 3.8) is 0 Å². The highest BCUT2D eigenvalue weighted by atomic mass is 35.5. The van der Waals surface area contributed by atoms with Crippen LogP contribution < -0.4 is 5.32 Å². The third-order valence-electron chi connectivity index (χ3n) is 5.79. The van der Waals surface area contributed by atoms with E-state index < -0.39 is 12.3 Å². The molecule has 0 aliphatic carbocycles. The van der Waals surface area contributed by atoms with E-state index in [-0.39, 0.29) is 40.5 Å². The van der Waals surface area contributed by atoms with E-state index in [2.05, 4.69) is 25.6 Å². The van der Waals surface area contributed by atoms with Gasteiger partial charge in [-0.25, -0.2) is 18.4 Å². The van der Waals surface area contributed by atoms with Crippen molar-refractivity contribution in [1.82, 2.24) is 34.3 Å². The summed E-state index contributed by atoms with van der Waals surface area (Å²) in [5, 5.41) is 16.7. The molecule has 0 unspecified atom stereocenters. The van der Waals surface area contributed by atoms with Crippen molar-refractivity contribution in [2.75, 3.05) is 5.32 Å². The Morgan fingerprint density at radius 2 is 1.84 bits per heavy atom. The van der Waals surface area contributed by atoms with Crippen molar-refractivity contribution in [3.05, 3.63) is 74.7 Å². The van der Waals surface area contributed by atoms with Gasteiger partial charge >= 0.3 is 0 Å². The highest BCUT2D eigenvalue weighted by molar-refractivity contribution is 6.36. The van der Waals surface area contributed by atoms with Gasteiger partial charge in [-0.05, 0) is 25.1 Å². The molecule has 0 bridgehead atoms. The maximum absolute atomic E-state index is 14.0. The number of pyridine rings is 1. The number of carbonyl (C=O) groups is 1. The number of aromatic nitrogens is 7. The van der Waals surface area contributed by atoms with Crippen molar-refractivity contribution in [2.24, 2.45) is 7.05 Å². The zero-order chi connectivity index (χ0) is 27.1. The summed E-state index contributed by atoms with van der Waals surface area (Å²) >= 11 is 18.8. The zero-order valence-electron chi connectivity index (χ0n) is 20.0. The average Bonchev–Trinajstić information content (AvgIpc) is 3.53. The second-order valence-corrected chi connectivity index (χ2v) is 9.73. The Balaban J connectivity index is 1.42. The van der Waals surface area contributed by atoms with Crippen molar-refractivity contribution < 1.29 is 13.6 Å². The molecule has 38 heavy (non-hydrogen) atoms. The number of aryl methyl sites for hydroxylation is 2. The van der Waals surface area contributed by atoms with E-state index in [1.807, 2.05) is 0 Å². The van der Waals surface area contributed by atoms with Crippen LogP contribution in [0.25, 0.3) is 22.3 Å². The van der Waals surface area contributed by atoms with E-state index in [1.54, 1.807) is 43.0 Å². The van der Waals surface area contributed by atoms with Crippen LogP contribution >= 0.6 is 34.8 Å². The quantitative estimate of drug-likeness (QED) is 0.258. The number of amides is 1. The Kier molecular flexibility index (Phi) is 7.08. The zero-order valence-corrected chi connectivity index (χ0v) is 22.2. The molecule has 5 rings (SSSR count). The van der Waals surface area contributed by atoms with Gasteiger partial charge in [-0.1, -0.05) is 40.9 Å². The molecule has 4 aromatic heterocycles. The van der Waals surface area contributed by atoms with Gasteiger partial charge in [0.25, 0.3) is 6.43 Å². The molecule has 1 aromatic carbocycles. The molecule has 196 valence electrons. The number of anilines is 1. The predicted molar refractivity (Wildman–Crippen MR) is 141 cm³/mol. The molecule has 4 heterocycles. The van der Waals surface area contributed by atoms with Crippen molar-refractivity contribution in [1.29, 1.82) is 0 Å². The van der Waals surface area contributed by atoms with Gasteiger partial charge in [-0.15, -0.1) is 0 Å². The Hall–Kier alpha value is -3.54. The molecular formula is C24H19Cl3F2N8O. The topological polar surface area (TPSA) is 95.5 Å². The van der Waals surface area contributed by atoms with E-state index >= 15 is 0 Å². The normalized spacial score (nSPS) is 11.6. The maximum Gasteiger partial charge on any atom is 0.264 e. The van der Waals surface area contributed by atoms with E-state index in [9.17, 15) is 13.6 Å². The minimum Gasteiger partial charge on any atom is -0.306 e. The van der Waals surface area contributed by atoms with Gasteiger partial charge in [0.05, 0.1) is 29.5 Å². The summed E-state index contributed by atoms with van der Waals surface area (Å²) in [6, 6.07) is 6.47. The van der Waals surface area contributed by atoms with Crippen LogP contribution in [0.2, 0.25) is 15.1 Å². The van der Waals surface area contributed by atoms with Gasteiger partial charge in [0.1, 0.15) is 11.6 Å². The van der Waals surface area contributed by atoms with Crippen molar-refractivity contribution in [2.45, 2.75) is 26.4 Å². The molecule has 0 saturated carbocycles. The van der Waals surface area contributed by atoms with E-state index in [1.165, 1.54) is 27.8 Å². The fraction of sp³-hybridized carbons (Fsp3) is 0.208. The van der Waals surface area contributed by atoms with Gasteiger partial charge in [-0.2, -0.15) is 15.3 Å². The number of nitrogens with one attached hydrogen (secondary N) is 1. The molecule has 0 fully saturated rings. The summed E-state index contributed by atoms with van der Waals surface area (Å²) in [5.74, 6) is -0.408. The third-order valence-corrected chi connectivity index (χ3v) is 6.78. The largest absolute Gasteiger partial charge is 0.306 e. The number of benzene rings is 1. The fourth-order valence-corrected chi connectivity index (χ4v) is 4.80. The summed E-state index contributed by atoms with van der Waals surface area (Å²) in [5.41, 5.74) is 1.76. The number of nitrogens with zero attached hydrogens (tertiary/aromatic N) is 7. The molecule has 1 amide bonds. The van der Waals surface area contributed by atoms with Crippen LogP contribution in [0.5, 0.6) is 0 Å². The van der Waals surface area contributed by atoms with Crippen LogP contribution in [-0.4, -0.2) is 40.2 Å². The number of alkyl halides is 2. The van der Waals surface area contributed by atoms with Crippen LogP contribution in [0.3, 0.4) is 0 Å². The Bertz CT molecular complexity index is 1660. The number of fused-ring (bicyclic) bond motifs is 1. The monoisotopic (exact) mass is 578 g/mol. The SMILES string of the molecule is Cc1nn(CC(=O)Nc2nn(Cc3c(Cl)cccc3Cl)cc2Cl)c2nc(-c3cnn(C)c3)cc(C(F)F)c12. The summed E-state index contributed by atoms with van der Waals surface area (Å²) in [4.78, 5) is 17.5. The predicted octanol–water partition coefficient (Wildman–Crippen LogP) is 5.92. The Morgan fingerprint density at radius 1 is 1.11 bits per heavy atom. The first kappa shape index (κ1) is 26.1. The van der Waals surface area contributed by atoms with Gasteiger partial charge in [0.2, 0.25) is 5.91 Å². The lowest BCUT2D eigenvalue weighted by Gasteiger charge is -2.08. The van der Waals surface area contributed by atoms with Crippen LogP contribution in [0.15, 0.2) is 42.9 Å². The highest BCUT2D eigenvalue weighted by Gasteiger charge is 2.23. The summed E-state index contributed by atoms with van der Waals surface area (Å²) in [7, 11) is 1.71. The molecule has 14 heteroatoms. The molecule has 0 radical (unpaired) electrons. The van der Waals surface area contributed by atoms with Gasteiger partial charge in [-0.3, -0.25) is 14.2 Å². The molecule has 0 aliphatic rings. The second kappa shape index (κ2) is 10.3. The summed E-state index contributed by atoms with van der Waals surface area (Å²) < 4.78 is 32.3. The smallest absolute Gasteiger partial charge is 0.264 e. The molecular weight excluding hydrogens is 561 g/mol. The van der Waals surface area contributed by atoms with Crippen LogP contribution in [0.4, 0.5) is 14.6 Å². The molecule has 5 aromatic rings. The summed E-state index contributed by atoms with van der Waals surface area (Å²) in [6.45, 7) is 1.51. The molecule has 9 nitrogen and oxygen atoms in total. The van der Waals surface area contributed by atoms with Gasteiger partial charge in [0.15, 0.2) is 11.5 Å². The Morgan fingerprint density at radius 3 is 2.50 bits per heavy atom. The first-order valence-corrected chi connectivity index (χ1v) is 12.3. The standard InChI is InChI=1S/C24H19Cl3F2N8O/c1-12-21-14(22(28)29)6-19(13-7-30-35(2)8-13)31-24(21)37(33-12)11-20(38)32-23-18(27)10-36(34-23)9-15-16(25)4-3-5-17(15)26/h3-8,10,22H,9,11H2,1-2H3,(H,32,34,38). The number of rotatable bonds is 7. The van der Waals surface area contributed by atoms with Crippen molar-refractivity contribution in [3.8, 4) is 11.3 Å². The molecule has 0 saturated heterocycles. The van der Waals surface area contributed by atoms with Crippen LogP contribution in [-0.2, 0) is 24.9 Å². The lowest BCUT2D eigenvalue weighted by molar-refractivity contribution is -0.116. The molecule has 0 aliphatic heterocycles. The molecule has 0 spiro atoms. The van der Waals surface area contributed by atoms with E-state index in [0.717, 1.165) is 0 Å². The number of halogens is 5. The van der Waals surface area contributed by atoms with E-state index in [4.69, 9.17) is 34.8 Å². The van der Waals surface area contributed by atoms with E-state index in [0.29, 0.717) is 32.6 Å². The van der Waals surface area contributed by atoms with Crippen molar-refractivity contribution >= 4 is 57.6 Å². The molecule has 0 atom stereocenters. The third kappa shape index (κ3) is 5.09. The fourth-order valence-electron chi connectivity index (χ4n) is 4.09. The minimum absolute atomic E-state index is 0.116. The van der Waals surface area contributed by atoms with Crippen LogP contribution in [0.1, 0.15) is 23.2 Å². The van der Waals surface area contributed by atoms with Crippen LogP contribution in [0, 0.1) is 6.92 Å². The second-order valence-electron chi connectivity index (χ2n) is 8.51. The number of carbonyl (C=O) groups excluding carboxylic acids is 1. The number of hydrogen-bond donors (Lipinski definition) is 1. The van der Waals surface area contributed by atoms with Gasteiger partial charge < -0.3 is 5.32 Å². The molecule has 1 N–H and O–H groups in total. The van der Waals surface area contributed by atoms with Gasteiger partial charge in [0, 0.05) is 46.2 Å². The lowest BCUT2D eigenvalue weighted by Crippen LogP contribution is -2.20. The minimum atomic E-state index is -2.77. The first-order valence-electron chi connectivity index (χ1n) is 11.2. The maximum atomic E-state index is 14.0. The lowest BCUT2D eigenvalue weighted by atomic mass is 10.1. The highest BCUT2D eigenvalue weighted by Crippen LogP contribution is 2.33. The average molecular weight is 580 g/mol.